The molecule has 0 bridgehead atoms. The Bertz CT molecular complexity index is 1440. The van der Waals surface area contributed by atoms with Crippen LogP contribution in [-0.4, -0.2) is 17.9 Å². The lowest BCUT2D eigenvalue weighted by molar-refractivity contribution is 0.0952. The molecule has 0 unspecified atom stereocenters. The second kappa shape index (κ2) is 8.99. The summed E-state index contributed by atoms with van der Waals surface area (Å²) in [5, 5.41) is 19.9. The van der Waals surface area contributed by atoms with E-state index >= 15 is 0 Å². The third kappa shape index (κ3) is 3.55. The first-order chi connectivity index (χ1) is 17.7. The molecule has 0 spiro atoms. The molecule has 1 saturated heterocycles. The molecule has 1 aliphatic carbocycles. The van der Waals surface area contributed by atoms with E-state index in [1.807, 2.05) is 60.7 Å². The van der Waals surface area contributed by atoms with E-state index in [2.05, 4.69) is 53.5 Å². The predicted octanol–water partition coefficient (Wildman–Crippen LogP) is 6.31. The molecule has 0 aromatic heterocycles. The maximum atomic E-state index is 14.3. The Balaban J connectivity index is 1.63. The zero-order chi connectivity index (χ0) is 24.6. The predicted molar refractivity (Wildman–Crippen MR) is 140 cm³/mol. The van der Waals surface area contributed by atoms with Crippen LogP contribution in [0.2, 0.25) is 0 Å². The number of benzene rings is 3. The second-order valence-electron chi connectivity index (χ2n) is 9.78. The third-order valence-electron chi connectivity index (χ3n) is 7.80. The summed E-state index contributed by atoms with van der Waals surface area (Å²) in [5.41, 5.74) is 4.97. The van der Waals surface area contributed by atoms with Crippen molar-refractivity contribution in [1.82, 2.24) is 0 Å². The van der Waals surface area contributed by atoms with Crippen molar-refractivity contribution in [3.63, 3.8) is 0 Å². The minimum Gasteiger partial charge on any atom is -0.353 e. The number of fused-ring (bicyclic) bond motifs is 3. The Labute approximate surface area is 211 Å². The normalized spacial score (nSPS) is 23.7. The van der Waals surface area contributed by atoms with E-state index in [9.17, 15) is 15.3 Å². The van der Waals surface area contributed by atoms with Crippen molar-refractivity contribution in [1.29, 1.82) is 10.5 Å². The highest BCUT2D eigenvalue weighted by atomic mass is 16.1. The molecule has 0 radical (unpaired) electrons. The fourth-order valence-corrected chi connectivity index (χ4v) is 6.23. The average molecular weight is 468 g/mol. The third-order valence-corrected chi connectivity index (χ3v) is 7.80. The lowest BCUT2D eigenvalue weighted by Crippen LogP contribution is -2.43. The van der Waals surface area contributed by atoms with Crippen molar-refractivity contribution in [3.8, 4) is 12.1 Å². The molecule has 3 aromatic rings. The summed E-state index contributed by atoms with van der Waals surface area (Å²) < 4.78 is 0. The number of Topliss-reactive ketones (excluding diaryl/α,β-unsaturated/α-hetero) is 1. The molecule has 1 saturated carbocycles. The van der Waals surface area contributed by atoms with Crippen LogP contribution in [0.5, 0.6) is 0 Å². The number of nitriles is 2. The molecule has 4 atom stereocenters. The molecule has 36 heavy (non-hydrogen) atoms. The number of nitrogens with zero attached hydrogens (tertiary/aromatic N) is 3. The maximum absolute atomic E-state index is 14.3. The summed E-state index contributed by atoms with van der Waals surface area (Å²) in [6.07, 6.45) is 6.26. The topological polar surface area (TPSA) is 67.9 Å². The summed E-state index contributed by atoms with van der Waals surface area (Å²) in [4.78, 5) is 16.6. The molecule has 0 amide bonds. The highest BCUT2D eigenvalue weighted by Crippen LogP contribution is 2.56. The number of hydrogen-bond acceptors (Lipinski definition) is 4. The van der Waals surface area contributed by atoms with Crippen LogP contribution < -0.4 is 4.90 Å². The minimum absolute atomic E-state index is 0.0627. The van der Waals surface area contributed by atoms with Crippen LogP contribution >= 0.6 is 0 Å². The van der Waals surface area contributed by atoms with Gasteiger partial charge < -0.3 is 4.90 Å². The van der Waals surface area contributed by atoms with Crippen molar-refractivity contribution >= 4 is 17.5 Å². The van der Waals surface area contributed by atoms with Gasteiger partial charge in [0.1, 0.15) is 23.8 Å². The number of rotatable bonds is 5. The van der Waals surface area contributed by atoms with Crippen LogP contribution in [0.1, 0.15) is 40.2 Å². The Morgan fingerprint density at radius 3 is 2.14 bits per heavy atom. The lowest BCUT2D eigenvalue weighted by Gasteiger charge is -2.36. The Hall–Kier alpha value is -4.41. The van der Waals surface area contributed by atoms with Crippen LogP contribution in [0.4, 0.5) is 5.69 Å². The summed E-state index contributed by atoms with van der Waals surface area (Å²) in [6, 6.07) is 31.6. The molecule has 6 rings (SSSR count). The number of hydrogen-bond donors (Lipinski definition) is 0. The summed E-state index contributed by atoms with van der Waals surface area (Å²) >= 11 is 0. The molecule has 2 fully saturated rings. The van der Waals surface area contributed by atoms with Gasteiger partial charge in [-0.15, -0.1) is 0 Å². The van der Waals surface area contributed by atoms with Crippen molar-refractivity contribution in [2.45, 2.75) is 30.8 Å². The average Bonchev–Trinajstić information content (AvgIpc) is 3.72. The van der Waals surface area contributed by atoms with Crippen molar-refractivity contribution < 1.29 is 4.79 Å². The van der Waals surface area contributed by atoms with E-state index in [0.29, 0.717) is 5.56 Å². The highest BCUT2D eigenvalue weighted by Gasteiger charge is 2.56. The fraction of sp³-hybridized carbons (Fsp3) is 0.219. The van der Waals surface area contributed by atoms with Gasteiger partial charge in [-0.05, 0) is 41.5 Å². The fourth-order valence-electron chi connectivity index (χ4n) is 6.23. The summed E-state index contributed by atoms with van der Waals surface area (Å²) in [5.74, 6) is -0.0790. The summed E-state index contributed by atoms with van der Waals surface area (Å²) in [6.45, 7) is 0. The zero-order valence-corrected chi connectivity index (χ0v) is 19.8. The van der Waals surface area contributed by atoms with E-state index in [1.165, 1.54) is 0 Å². The lowest BCUT2D eigenvalue weighted by atomic mass is 9.73. The monoisotopic (exact) mass is 467 g/mol. The van der Waals surface area contributed by atoms with Crippen molar-refractivity contribution in [2.75, 3.05) is 4.90 Å². The smallest absolute Gasteiger partial charge is 0.185 e. The van der Waals surface area contributed by atoms with E-state index in [-0.39, 0.29) is 35.2 Å². The van der Waals surface area contributed by atoms with Gasteiger partial charge in [-0.2, -0.15) is 10.5 Å². The second-order valence-corrected chi connectivity index (χ2v) is 9.78. The minimum atomic E-state index is -0.469. The molecule has 2 aliphatic heterocycles. The quantitative estimate of drug-likeness (QED) is 0.326. The number of carbonyl (C=O) groups excluding carboxylic acids is 1. The summed E-state index contributed by atoms with van der Waals surface area (Å²) in [7, 11) is 0. The van der Waals surface area contributed by atoms with Crippen LogP contribution in [0.25, 0.3) is 6.08 Å². The standard InChI is InChI=1S/C32H25N3O/c33-19-25(20-34)28(23-15-16-23)30-27-18-17-21-9-7-8-14-26(21)35(27)31(29(30)22-10-3-1-4-11-22)32(36)24-12-5-2-6-13-24/h1-14,17-18,23,27,29-31H,15-16H2/t27-,29+,30-,31+/m0/s1. The van der Waals surface area contributed by atoms with Gasteiger partial charge in [-0.25, -0.2) is 0 Å². The molecular formula is C32H25N3O. The van der Waals surface area contributed by atoms with Crippen molar-refractivity contribution in [2.24, 2.45) is 11.8 Å². The van der Waals surface area contributed by atoms with Gasteiger partial charge in [0, 0.05) is 23.1 Å². The van der Waals surface area contributed by atoms with E-state index in [4.69, 9.17) is 0 Å². The largest absolute Gasteiger partial charge is 0.353 e. The van der Waals surface area contributed by atoms with E-state index < -0.39 is 6.04 Å². The molecule has 4 heteroatoms. The van der Waals surface area contributed by atoms with Gasteiger partial charge in [-0.3, -0.25) is 4.79 Å². The molecule has 4 nitrogen and oxygen atoms in total. The maximum Gasteiger partial charge on any atom is 0.185 e. The number of allylic oxidation sites excluding steroid dienone is 1. The van der Waals surface area contributed by atoms with Crippen molar-refractivity contribution in [3.05, 3.63) is 119 Å². The van der Waals surface area contributed by atoms with E-state index in [1.54, 1.807) is 0 Å². The number of ketones is 1. The van der Waals surface area contributed by atoms with Crippen LogP contribution in [0, 0.1) is 34.5 Å². The SMILES string of the molecule is N#CC(C#N)=C(C1CC1)[C@H]1[C@@H](c2ccccc2)[C@H](C(=O)c2ccccc2)N2c3ccccc3C=C[C@@H]12. The Kier molecular flexibility index (Phi) is 5.51. The van der Waals surface area contributed by atoms with Gasteiger partial charge >= 0.3 is 0 Å². The molecule has 3 aliphatic rings. The van der Waals surface area contributed by atoms with Crippen LogP contribution in [0.3, 0.4) is 0 Å². The van der Waals surface area contributed by atoms with Gasteiger partial charge in [0.25, 0.3) is 0 Å². The van der Waals surface area contributed by atoms with E-state index in [0.717, 1.165) is 35.2 Å². The number of anilines is 1. The molecule has 3 aromatic carbocycles. The Morgan fingerprint density at radius 1 is 0.833 bits per heavy atom. The number of para-hydroxylation sites is 1. The Morgan fingerprint density at radius 2 is 1.47 bits per heavy atom. The molecule has 2 heterocycles. The van der Waals surface area contributed by atoms with Crippen LogP contribution in [0.15, 0.2) is 102 Å². The van der Waals surface area contributed by atoms with Gasteiger partial charge in [-0.1, -0.05) is 91.0 Å². The molecule has 0 N–H and O–H groups in total. The number of carbonyl (C=O) groups is 1. The first-order valence-corrected chi connectivity index (χ1v) is 12.5. The first kappa shape index (κ1) is 22.1. The van der Waals surface area contributed by atoms with Gasteiger partial charge in [0.15, 0.2) is 5.78 Å². The zero-order valence-electron chi connectivity index (χ0n) is 19.8. The highest BCUT2D eigenvalue weighted by molar-refractivity contribution is 6.04. The molecule has 174 valence electrons. The first-order valence-electron chi connectivity index (χ1n) is 12.5. The van der Waals surface area contributed by atoms with Gasteiger partial charge in [0.2, 0.25) is 0 Å². The molecular weight excluding hydrogens is 442 g/mol. The van der Waals surface area contributed by atoms with Gasteiger partial charge in [0.05, 0.1) is 6.04 Å². The van der Waals surface area contributed by atoms with Crippen LogP contribution in [-0.2, 0) is 0 Å².